The Labute approximate surface area is 114 Å². The standard InChI is InChI=1S/C13H13BrN2O2/c1-7-8(2)18-9(3)11(7)13(17)16-10-5-4-6-15-12(10)14/h4-6H,1-3H3,(H,16,17). The summed E-state index contributed by atoms with van der Waals surface area (Å²) >= 11 is 3.29. The van der Waals surface area contributed by atoms with Gasteiger partial charge in [-0.25, -0.2) is 4.98 Å². The lowest BCUT2D eigenvalue weighted by Gasteiger charge is -2.06. The molecule has 4 nitrogen and oxygen atoms in total. The summed E-state index contributed by atoms with van der Waals surface area (Å²) < 4.78 is 6.05. The molecule has 0 unspecified atom stereocenters. The number of hydrogen-bond acceptors (Lipinski definition) is 3. The highest BCUT2D eigenvalue weighted by Gasteiger charge is 2.19. The molecule has 0 aliphatic rings. The number of hydrogen-bond donors (Lipinski definition) is 1. The van der Waals surface area contributed by atoms with E-state index >= 15 is 0 Å². The summed E-state index contributed by atoms with van der Waals surface area (Å²) in [4.78, 5) is 16.3. The lowest BCUT2D eigenvalue weighted by atomic mass is 10.1. The molecule has 0 aliphatic heterocycles. The van der Waals surface area contributed by atoms with Gasteiger partial charge in [0.15, 0.2) is 0 Å². The fourth-order valence-electron chi connectivity index (χ4n) is 1.79. The van der Waals surface area contributed by atoms with Gasteiger partial charge >= 0.3 is 0 Å². The van der Waals surface area contributed by atoms with E-state index in [9.17, 15) is 4.79 Å². The number of amides is 1. The predicted molar refractivity (Wildman–Crippen MR) is 72.8 cm³/mol. The Morgan fingerprint density at radius 3 is 2.61 bits per heavy atom. The molecule has 1 N–H and O–H groups in total. The van der Waals surface area contributed by atoms with Gasteiger partial charge in [-0.15, -0.1) is 0 Å². The quantitative estimate of drug-likeness (QED) is 0.862. The normalized spacial score (nSPS) is 10.4. The van der Waals surface area contributed by atoms with E-state index in [1.54, 1.807) is 25.3 Å². The second kappa shape index (κ2) is 4.94. The summed E-state index contributed by atoms with van der Waals surface area (Å²) in [6, 6.07) is 3.55. The predicted octanol–water partition coefficient (Wildman–Crippen LogP) is 3.61. The number of nitrogens with zero attached hydrogens (tertiary/aromatic N) is 1. The van der Waals surface area contributed by atoms with E-state index in [0.717, 1.165) is 11.3 Å². The van der Waals surface area contributed by atoms with Crippen molar-refractivity contribution in [1.29, 1.82) is 0 Å². The molecule has 0 fully saturated rings. The monoisotopic (exact) mass is 308 g/mol. The van der Waals surface area contributed by atoms with Crippen molar-refractivity contribution in [1.82, 2.24) is 4.98 Å². The first-order chi connectivity index (χ1) is 8.50. The van der Waals surface area contributed by atoms with Gasteiger partial charge in [-0.2, -0.15) is 0 Å². The fraction of sp³-hybridized carbons (Fsp3) is 0.231. The number of aryl methyl sites for hydroxylation is 2. The lowest BCUT2D eigenvalue weighted by molar-refractivity contribution is 0.102. The van der Waals surface area contributed by atoms with Gasteiger partial charge in [-0.1, -0.05) is 0 Å². The fourth-order valence-corrected chi connectivity index (χ4v) is 2.14. The molecule has 2 aromatic heterocycles. The molecule has 94 valence electrons. The number of rotatable bonds is 2. The molecule has 5 heteroatoms. The Morgan fingerprint density at radius 2 is 2.06 bits per heavy atom. The molecule has 0 saturated heterocycles. The Bertz CT molecular complexity index is 605. The highest BCUT2D eigenvalue weighted by atomic mass is 79.9. The van der Waals surface area contributed by atoms with Crippen LogP contribution in [0.2, 0.25) is 0 Å². The molecule has 0 radical (unpaired) electrons. The van der Waals surface area contributed by atoms with Gasteiger partial charge in [0.2, 0.25) is 0 Å². The molecule has 0 saturated carbocycles. The molecule has 0 atom stereocenters. The molecule has 0 aromatic carbocycles. The van der Waals surface area contributed by atoms with Crippen molar-refractivity contribution < 1.29 is 9.21 Å². The first-order valence-electron chi connectivity index (χ1n) is 5.49. The zero-order chi connectivity index (χ0) is 13.3. The molecule has 0 bridgehead atoms. The first kappa shape index (κ1) is 12.8. The summed E-state index contributed by atoms with van der Waals surface area (Å²) in [5.74, 6) is 1.21. The molecule has 18 heavy (non-hydrogen) atoms. The van der Waals surface area contributed by atoms with E-state index in [-0.39, 0.29) is 5.91 Å². The van der Waals surface area contributed by atoms with E-state index in [1.165, 1.54) is 0 Å². The van der Waals surface area contributed by atoms with Gasteiger partial charge in [-0.3, -0.25) is 4.79 Å². The molecule has 0 spiro atoms. The van der Waals surface area contributed by atoms with Crippen molar-refractivity contribution in [3.05, 3.63) is 45.6 Å². The minimum atomic E-state index is -0.185. The Morgan fingerprint density at radius 1 is 1.33 bits per heavy atom. The number of pyridine rings is 1. The van der Waals surface area contributed by atoms with Crippen LogP contribution in [0.3, 0.4) is 0 Å². The van der Waals surface area contributed by atoms with Crippen molar-refractivity contribution in [3.8, 4) is 0 Å². The van der Waals surface area contributed by atoms with Crippen molar-refractivity contribution >= 4 is 27.5 Å². The average Bonchev–Trinajstić information content (AvgIpc) is 2.56. The van der Waals surface area contributed by atoms with Crippen LogP contribution in [-0.4, -0.2) is 10.9 Å². The third-order valence-corrected chi connectivity index (χ3v) is 3.43. The number of anilines is 1. The van der Waals surface area contributed by atoms with Crippen LogP contribution in [0, 0.1) is 20.8 Å². The van der Waals surface area contributed by atoms with Gasteiger partial charge in [-0.05, 0) is 48.8 Å². The summed E-state index contributed by atoms with van der Waals surface area (Å²) in [6.07, 6.45) is 1.65. The van der Waals surface area contributed by atoms with Gasteiger partial charge in [0, 0.05) is 11.8 Å². The van der Waals surface area contributed by atoms with E-state index in [4.69, 9.17) is 4.42 Å². The largest absolute Gasteiger partial charge is 0.466 e. The summed E-state index contributed by atoms with van der Waals surface area (Å²) in [5.41, 5.74) is 2.09. The third kappa shape index (κ3) is 2.31. The summed E-state index contributed by atoms with van der Waals surface area (Å²) in [5, 5.41) is 2.81. The van der Waals surface area contributed by atoms with Crippen LogP contribution in [0.25, 0.3) is 0 Å². The molecule has 1 amide bonds. The van der Waals surface area contributed by atoms with Gasteiger partial charge in [0.1, 0.15) is 16.1 Å². The van der Waals surface area contributed by atoms with E-state index in [2.05, 4.69) is 26.2 Å². The van der Waals surface area contributed by atoms with Crippen LogP contribution in [0.1, 0.15) is 27.4 Å². The van der Waals surface area contributed by atoms with Gasteiger partial charge in [0.05, 0.1) is 11.3 Å². The van der Waals surface area contributed by atoms with Gasteiger partial charge in [0.25, 0.3) is 5.91 Å². The summed E-state index contributed by atoms with van der Waals surface area (Å²) in [6.45, 7) is 5.51. The zero-order valence-corrected chi connectivity index (χ0v) is 12.0. The van der Waals surface area contributed by atoms with Gasteiger partial charge < -0.3 is 9.73 Å². The number of carbonyl (C=O) groups excluding carboxylic acids is 1. The highest BCUT2D eigenvalue weighted by molar-refractivity contribution is 9.10. The maximum atomic E-state index is 12.2. The first-order valence-corrected chi connectivity index (χ1v) is 6.28. The average molecular weight is 309 g/mol. The maximum absolute atomic E-state index is 12.2. The molecular formula is C13H13BrN2O2. The van der Waals surface area contributed by atoms with Crippen LogP contribution in [0.5, 0.6) is 0 Å². The van der Waals surface area contributed by atoms with Crippen LogP contribution in [-0.2, 0) is 0 Å². The Balaban J connectivity index is 2.31. The molecule has 0 aliphatic carbocycles. The molecule has 2 rings (SSSR count). The van der Waals surface area contributed by atoms with Crippen LogP contribution in [0.4, 0.5) is 5.69 Å². The smallest absolute Gasteiger partial charge is 0.259 e. The molecule has 2 heterocycles. The van der Waals surface area contributed by atoms with E-state index in [0.29, 0.717) is 21.6 Å². The number of halogens is 1. The lowest BCUT2D eigenvalue weighted by Crippen LogP contribution is -2.14. The Kier molecular flexibility index (Phi) is 3.52. The van der Waals surface area contributed by atoms with Crippen molar-refractivity contribution in [2.75, 3.05) is 5.32 Å². The van der Waals surface area contributed by atoms with Crippen LogP contribution >= 0.6 is 15.9 Å². The SMILES string of the molecule is Cc1oc(C)c(C(=O)Nc2cccnc2Br)c1C. The minimum Gasteiger partial charge on any atom is -0.466 e. The van der Waals surface area contributed by atoms with Crippen molar-refractivity contribution in [2.24, 2.45) is 0 Å². The second-order valence-electron chi connectivity index (χ2n) is 4.01. The van der Waals surface area contributed by atoms with Crippen LogP contribution < -0.4 is 5.32 Å². The molecular weight excluding hydrogens is 296 g/mol. The number of furan rings is 1. The highest BCUT2D eigenvalue weighted by Crippen LogP contribution is 2.24. The number of aromatic nitrogens is 1. The summed E-state index contributed by atoms with van der Waals surface area (Å²) in [7, 11) is 0. The topological polar surface area (TPSA) is 55.1 Å². The van der Waals surface area contributed by atoms with Crippen molar-refractivity contribution in [3.63, 3.8) is 0 Å². The van der Waals surface area contributed by atoms with E-state index < -0.39 is 0 Å². The third-order valence-electron chi connectivity index (χ3n) is 2.80. The second-order valence-corrected chi connectivity index (χ2v) is 4.76. The minimum absolute atomic E-state index is 0.185. The maximum Gasteiger partial charge on any atom is 0.259 e. The van der Waals surface area contributed by atoms with E-state index in [1.807, 2.05) is 13.8 Å². The Hall–Kier alpha value is -1.62. The molecule has 2 aromatic rings. The number of carbonyl (C=O) groups is 1. The van der Waals surface area contributed by atoms with Crippen molar-refractivity contribution in [2.45, 2.75) is 20.8 Å². The zero-order valence-electron chi connectivity index (χ0n) is 10.4. The number of nitrogens with one attached hydrogen (secondary N) is 1. The van der Waals surface area contributed by atoms with Crippen LogP contribution in [0.15, 0.2) is 27.3 Å².